The lowest BCUT2D eigenvalue weighted by molar-refractivity contribution is 0.601. The maximum atomic E-state index is 14.2. The molecule has 0 saturated heterocycles. The van der Waals surface area contributed by atoms with Crippen molar-refractivity contribution in [3.8, 4) is 22.4 Å². The smallest absolute Gasteiger partial charge is 0.258 e. The van der Waals surface area contributed by atoms with Crippen LogP contribution < -0.4 is 11.3 Å². The SMILES string of the molecule is Nc1nc(-c2ccc(F)cc2)c(-c2cccn(C3CC3)c2=O)c2nc(Cc3ncccc3F)nn12. The molecule has 0 spiro atoms. The first-order valence-electron chi connectivity index (χ1n) is 11.1. The molecule has 5 aromatic rings. The first-order chi connectivity index (χ1) is 17.0. The van der Waals surface area contributed by atoms with Crippen LogP contribution >= 0.6 is 0 Å². The Bertz CT molecular complexity index is 1640. The average Bonchev–Trinajstić information content (AvgIpc) is 3.61. The van der Waals surface area contributed by atoms with Gasteiger partial charge in [-0.1, -0.05) is 0 Å². The van der Waals surface area contributed by atoms with E-state index in [-0.39, 0.29) is 35.5 Å². The molecule has 8 nitrogen and oxygen atoms in total. The van der Waals surface area contributed by atoms with Crippen molar-refractivity contribution in [1.82, 2.24) is 29.1 Å². The number of aromatic nitrogens is 6. The van der Waals surface area contributed by atoms with Gasteiger partial charge in [-0.2, -0.15) is 4.52 Å². The fourth-order valence-electron chi connectivity index (χ4n) is 4.18. The van der Waals surface area contributed by atoms with Gasteiger partial charge in [0.1, 0.15) is 11.6 Å². The molecule has 0 unspecified atom stereocenters. The zero-order valence-corrected chi connectivity index (χ0v) is 18.4. The topological polar surface area (TPSA) is 104 Å². The van der Waals surface area contributed by atoms with Crippen LogP contribution in [0.2, 0.25) is 0 Å². The minimum absolute atomic E-state index is 0.0280. The molecule has 0 atom stereocenters. The monoisotopic (exact) mass is 471 g/mol. The number of nitrogens with zero attached hydrogens (tertiary/aromatic N) is 6. The number of nitrogen functional groups attached to an aromatic ring is 1. The Morgan fingerprint density at radius 2 is 1.83 bits per heavy atom. The first kappa shape index (κ1) is 21.1. The highest BCUT2D eigenvalue weighted by Crippen LogP contribution is 2.36. The van der Waals surface area contributed by atoms with Crippen LogP contribution in [-0.2, 0) is 6.42 Å². The van der Waals surface area contributed by atoms with Crippen molar-refractivity contribution in [2.45, 2.75) is 25.3 Å². The summed E-state index contributed by atoms with van der Waals surface area (Å²) < 4.78 is 30.9. The number of hydrogen-bond donors (Lipinski definition) is 1. The molecule has 6 rings (SSSR count). The van der Waals surface area contributed by atoms with Crippen molar-refractivity contribution in [2.75, 3.05) is 5.73 Å². The van der Waals surface area contributed by atoms with E-state index in [1.54, 1.807) is 35.0 Å². The van der Waals surface area contributed by atoms with E-state index in [0.717, 1.165) is 12.8 Å². The fraction of sp³-hybridized carbons (Fsp3) is 0.160. The van der Waals surface area contributed by atoms with Crippen molar-refractivity contribution < 1.29 is 8.78 Å². The lowest BCUT2D eigenvalue weighted by atomic mass is 10.0. The van der Waals surface area contributed by atoms with Gasteiger partial charge in [-0.15, -0.1) is 5.10 Å². The Hall–Kier alpha value is -4.47. The van der Waals surface area contributed by atoms with Gasteiger partial charge in [-0.25, -0.2) is 18.7 Å². The van der Waals surface area contributed by atoms with Crippen molar-refractivity contribution in [3.63, 3.8) is 0 Å². The predicted molar refractivity (Wildman–Crippen MR) is 126 cm³/mol. The van der Waals surface area contributed by atoms with E-state index in [2.05, 4.69) is 20.1 Å². The number of pyridine rings is 2. The van der Waals surface area contributed by atoms with Crippen molar-refractivity contribution in [2.24, 2.45) is 0 Å². The van der Waals surface area contributed by atoms with Crippen LogP contribution in [0.5, 0.6) is 0 Å². The summed E-state index contributed by atoms with van der Waals surface area (Å²) >= 11 is 0. The molecule has 10 heteroatoms. The van der Waals surface area contributed by atoms with Gasteiger partial charge >= 0.3 is 0 Å². The molecule has 0 aliphatic heterocycles. The highest BCUT2D eigenvalue weighted by Gasteiger charge is 2.27. The standard InChI is InChI=1S/C25H19F2N7O/c26-15-7-5-14(6-8-15)22-21(17-3-2-12-33(24(17)35)16-9-10-16)23-30-20(32-34(23)25(28)31-22)13-19-18(27)4-1-11-29-19/h1-8,11-12,16H,9-10,13H2,(H2,28,31). The molecule has 1 fully saturated rings. The van der Waals surface area contributed by atoms with Gasteiger partial charge in [0.25, 0.3) is 5.56 Å². The second-order valence-corrected chi connectivity index (χ2v) is 8.44. The third kappa shape index (κ3) is 3.72. The van der Waals surface area contributed by atoms with Gasteiger partial charge in [-0.3, -0.25) is 9.78 Å². The number of halogens is 2. The Balaban J connectivity index is 1.61. The lowest BCUT2D eigenvalue weighted by Gasteiger charge is -2.13. The summed E-state index contributed by atoms with van der Waals surface area (Å²) in [7, 11) is 0. The fourth-order valence-corrected chi connectivity index (χ4v) is 4.18. The van der Waals surface area contributed by atoms with Gasteiger partial charge in [0, 0.05) is 24.0 Å². The van der Waals surface area contributed by atoms with E-state index in [1.807, 2.05) is 0 Å². The highest BCUT2D eigenvalue weighted by atomic mass is 19.1. The average molecular weight is 471 g/mol. The van der Waals surface area contributed by atoms with Crippen LogP contribution in [0.3, 0.4) is 0 Å². The normalized spacial score (nSPS) is 13.4. The minimum Gasteiger partial charge on any atom is -0.368 e. The van der Waals surface area contributed by atoms with Gasteiger partial charge in [-0.05, 0) is 61.4 Å². The van der Waals surface area contributed by atoms with Crippen LogP contribution in [0, 0.1) is 11.6 Å². The molecule has 1 aromatic carbocycles. The Morgan fingerprint density at radius 1 is 1.03 bits per heavy atom. The molecule has 0 radical (unpaired) electrons. The Kier molecular flexibility index (Phi) is 4.87. The van der Waals surface area contributed by atoms with E-state index >= 15 is 0 Å². The van der Waals surface area contributed by atoms with Gasteiger partial charge < -0.3 is 10.3 Å². The highest BCUT2D eigenvalue weighted by molar-refractivity contribution is 5.90. The molecule has 1 aliphatic rings. The van der Waals surface area contributed by atoms with E-state index in [0.29, 0.717) is 28.0 Å². The van der Waals surface area contributed by atoms with E-state index in [1.165, 1.54) is 35.0 Å². The zero-order valence-electron chi connectivity index (χ0n) is 18.4. The summed E-state index contributed by atoms with van der Waals surface area (Å²) in [5.41, 5.74) is 8.28. The number of anilines is 1. The summed E-state index contributed by atoms with van der Waals surface area (Å²) in [6, 6.07) is 12.3. The quantitative estimate of drug-likeness (QED) is 0.418. The molecule has 4 heterocycles. The molecular weight excluding hydrogens is 452 g/mol. The molecule has 1 aliphatic carbocycles. The first-order valence-corrected chi connectivity index (χ1v) is 11.1. The number of nitrogens with two attached hydrogens (primary N) is 1. The summed E-state index contributed by atoms with van der Waals surface area (Å²) in [4.78, 5) is 26.7. The molecule has 35 heavy (non-hydrogen) atoms. The molecule has 2 N–H and O–H groups in total. The third-order valence-corrected chi connectivity index (χ3v) is 6.02. The Morgan fingerprint density at radius 3 is 2.57 bits per heavy atom. The van der Waals surface area contributed by atoms with Crippen molar-refractivity contribution in [1.29, 1.82) is 0 Å². The third-order valence-electron chi connectivity index (χ3n) is 6.02. The van der Waals surface area contributed by atoms with Gasteiger partial charge in [0.2, 0.25) is 5.95 Å². The summed E-state index contributed by atoms with van der Waals surface area (Å²) in [6.07, 6.45) is 5.16. The number of hydrogen-bond acceptors (Lipinski definition) is 6. The molecule has 0 bridgehead atoms. The zero-order chi connectivity index (χ0) is 24.1. The maximum Gasteiger partial charge on any atom is 0.258 e. The van der Waals surface area contributed by atoms with Crippen LogP contribution in [0.25, 0.3) is 28.0 Å². The second kappa shape index (κ2) is 8.08. The molecule has 174 valence electrons. The summed E-state index contributed by atoms with van der Waals surface area (Å²) in [5, 5.41) is 4.43. The lowest BCUT2D eigenvalue weighted by Crippen LogP contribution is -2.20. The van der Waals surface area contributed by atoms with Gasteiger partial charge in [0.15, 0.2) is 11.5 Å². The minimum atomic E-state index is -0.472. The van der Waals surface area contributed by atoms with Crippen LogP contribution in [0.1, 0.15) is 30.4 Å². The molecule has 0 amide bonds. The van der Waals surface area contributed by atoms with Crippen LogP contribution in [0.4, 0.5) is 14.7 Å². The van der Waals surface area contributed by atoms with Crippen molar-refractivity contribution >= 4 is 11.6 Å². The maximum absolute atomic E-state index is 14.2. The molecule has 1 saturated carbocycles. The second-order valence-electron chi connectivity index (χ2n) is 8.44. The van der Waals surface area contributed by atoms with Gasteiger partial charge in [0.05, 0.1) is 28.9 Å². The number of benzene rings is 1. The van der Waals surface area contributed by atoms with Crippen LogP contribution in [0.15, 0.2) is 65.7 Å². The van der Waals surface area contributed by atoms with E-state index < -0.39 is 11.6 Å². The van der Waals surface area contributed by atoms with Crippen LogP contribution in [-0.4, -0.2) is 29.1 Å². The van der Waals surface area contributed by atoms with Crippen molar-refractivity contribution in [3.05, 3.63) is 94.4 Å². The predicted octanol–water partition coefficient (Wildman–Crippen LogP) is 3.80. The van der Waals surface area contributed by atoms with E-state index in [9.17, 15) is 13.6 Å². The molecule has 4 aromatic heterocycles. The molecular formula is C25H19F2N7O. The Labute approximate surface area is 197 Å². The van der Waals surface area contributed by atoms with E-state index in [4.69, 9.17) is 5.73 Å². The number of fused-ring (bicyclic) bond motifs is 1. The summed E-state index contributed by atoms with van der Waals surface area (Å²) in [6.45, 7) is 0. The summed E-state index contributed by atoms with van der Waals surface area (Å²) in [5.74, 6) is -0.573. The largest absolute Gasteiger partial charge is 0.368 e. The number of rotatable bonds is 5.